The summed E-state index contributed by atoms with van der Waals surface area (Å²) in [7, 11) is 1.14. The van der Waals surface area contributed by atoms with Crippen LogP contribution in [0.1, 0.15) is 290 Å². The van der Waals surface area contributed by atoms with Crippen LogP contribution in [0.4, 0.5) is 0 Å². The highest BCUT2D eigenvalue weighted by Gasteiger charge is 2.29. The molecule has 0 bridgehead atoms. The molecule has 4 unspecified atom stereocenters. The summed E-state index contributed by atoms with van der Waals surface area (Å²) in [5.74, 6) is -0.271. The van der Waals surface area contributed by atoms with Crippen LogP contribution in [0, 0.1) is 0 Å². The summed E-state index contributed by atoms with van der Waals surface area (Å²) in [6, 6.07) is -1.07. The van der Waals surface area contributed by atoms with Crippen molar-refractivity contribution in [2.75, 3.05) is 40.9 Å². The maximum absolute atomic E-state index is 13.0. The number of likely N-dealkylation sites (N-methyl/N-ethyl adjacent to an activating group) is 1. The van der Waals surface area contributed by atoms with Crippen LogP contribution in [0.25, 0.3) is 0 Å². The molecule has 0 aromatic heterocycles. The summed E-state index contributed by atoms with van der Waals surface area (Å²) in [5, 5.41) is 24.7. The Balaban J connectivity index is 4.08. The maximum atomic E-state index is 13.0. The summed E-state index contributed by atoms with van der Waals surface area (Å²) in [6.07, 6.45) is 51.7. The van der Waals surface area contributed by atoms with E-state index in [0.717, 1.165) is 38.5 Å². The molecule has 1 amide bonds. The van der Waals surface area contributed by atoms with E-state index in [-0.39, 0.29) is 18.9 Å². The number of unbranched alkanes of at least 4 members (excludes halogenated alkanes) is 39. The molecule has 0 aromatic rings. The van der Waals surface area contributed by atoms with Crippen LogP contribution in [-0.4, -0.2) is 79.8 Å². The van der Waals surface area contributed by atoms with Crippen LogP contribution in [0.2, 0.25) is 0 Å². The molecule has 0 aliphatic rings. The van der Waals surface area contributed by atoms with Gasteiger partial charge in [0.25, 0.3) is 7.82 Å². The average Bonchev–Trinajstić information content (AvgIpc) is 3.26. The summed E-state index contributed by atoms with van der Waals surface area (Å²) in [5.41, 5.74) is 0. The number of hydrogen-bond acceptors (Lipinski definition) is 7. The smallest absolute Gasteiger partial charge is 0.268 e. The number of aliphatic hydroxyl groups is 2. The van der Waals surface area contributed by atoms with Crippen LogP contribution < -0.4 is 10.2 Å². The zero-order valence-electron chi connectivity index (χ0n) is 44.1. The number of nitrogens with zero attached hydrogens (tertiary/aromatic N) is 1. The van der Waals surface area contributed by atoms with Gasteiger partial charge in [-0.05, 0) is 12.8 Å². The van der Waals surface area contributed by atoms with E-state index < -0.39 is 32.7 Å². The quantitative estimate of drug-likeness (QED) is 0.0315. The highest BCUT2D eigenvalue weighted by molar-refractivity contribution is 7.45. The van der Waals surface area contributed by atoms with E-state index in [4.69, 9.17) is 9.05 Å². The first-order valence-corrected chi connectivity index (χ1v) is 29.9. The van der Waals surface area contributed by atoms with Gasteiger partial charge in [0, 0.05) is 6.42 Å². The lowest BCUT2D eigenvalue weighted by Gasteiger charge is -2.31. The monoisotopic (exact) mass is 945 g/mol. The minimum Gasteiger partial charge on any atom is -0.756 e. The molecule has 0 radical (unpaired) electrons. The fraction of sp³-hybridized carbons (Fsp3) is 0.982. The Bertz CT molecular complexity index is 1040. The maximum Gasteiger partial charge on any atom is 0.268 e. The molecule has 0 rings (SSSR count). The van der Waals surface area contributed by atoms with Crippen molar-refractivity contribution < 1.29 is 38.0 Å². The van der Waals surface area contributed by atoms with Gasteiger partial charge in [-0.3, -0.25) is 9.36 Å². The fourth-order valence-electron chi connectivity index (χ4n) is 8.91. The van der Waals surface area contributed by atoms with Gasteiger partial charge < -0.3 is 34.0 Å². The third-order valence-corrected chi connectivity index (χ3v) is 14.4. The van der Waals surface area contributed by atoms with Gasteiger partial charge in [0.2, 0.25) is 5.91 Å². The molecule has 4 atom stereocenters. The van der Waals surface area contributed by atoms with Crippen molar-refractivity contribution in [3.63, 3.8) is 0 Å². The topological polar surface area (TPSA) is 128 Å². The van der Waals surface area contributed by atoms with E-state index in [2.05, 4.69) is 19.2 Å². The number of carbonyl (C=O) groups excluding carboxylic acids is 1. The van der Waals surface area contributed by atoms with E-state index >= 15 is 0 Å². The summed E-state index contributed by atoms with van der Waals surface area (Å²) in [4.78, 5) is 25.5. The number of quaternary nitrogens is 1. The largest absolute Gasteiger partial charge is 0.756 e. The second kappa shape index (κ2) is 47.2. The second-order valence-corrected chi connectivity index (χ2v) is 22.6. The van der Waals surface area contributed by atoms with Gasteiger partial charge in [-0.2, -0.15) is 0 Å². The van der Waals surface area contributed by atoms with Gasteiger partial charge in [0.1, 0.15) is 19.3 Å². The van der Waals surface area contributed by atoms with Gasteiger partial charge in [0.15, 0.2) is 0 Å². The Kier molecular flexibility index (Phi) is 46.8. The molecule has 0 saturated carbocycles. The predicted molar refractivity (Wildman–Crippen MR) is 276 cm³/mol. The Hall–Kier alpha value is -0.540. The summed E-state index contributed by atoms with van der Waals surface area (Å²) in [6.45, 7) is 4.48. The number of rotatable bonds is 53. The van der Waals surface area contributed by atoms with Crippen molar-refractivity contribution in [3.8, 4) is 0 Å². The highest BCUT2D eigenvalue weighted by Crippen LogP contribution is 2.38. The first-order chi connectivity index (χ1) is 31.4. The number of phosphoric ester groups is 1. The lowest BCUT2D eigenvalue weighted by atomic mass is 9.99. The molecule has 65 heavy (non-hydrogen) atoms. The van der Waals surface area contributed by atoms with Gasteiger partial charge >= 0.3 is 0 Å². The normalized spacial score (nSPS) is 14.4. The number of phosphoric acid groups is 1. The Morgan fingerprint density at radius 2 is 0.785 bits per heavy atom. The minimum atomic E-state index is -4.66. The van der Waals surface area contributed by atoms with E-state index in [9.17, 15) is 24.5 Å². The van der Waals surface area contributed by atoms with Crippen molar-refractivity contribution in [2.24, 2.45) is 0 Å². The molecule has 0 heterocycles. The Morgan fingerprint density at radius 3 is 1.09 bits per heavy atom. The van der Waals surface area contributed by atoms with Crippen LogP contribution >= 0.6 is 7.82 Å². The van der Waals surface area contributed by atoms with Crippen LogP contribution in [0.5, 0.6) is 0 Å². The van der Waals surface area contributed by atoms with Crippen LogP contribution in [0.15, 0.2) is 0 Å². The van der Waals surface area contributed by atoms with Crippen molar-refractivity contribution >= 4 is 13.7 Å². The molecule has 0 saturated heterocycles. The molecule has 9 nitrogen and oxygen atoms in total. The molecule has 0 fully saturated rings. The molecular weight excluding hydrogens is 832 g/mol. The number of carbonyl (C=O) groups is 1. The lowest BCUT2D eigenvalue weighted by Crippen LogP contribution is -2.51. The van der Waals surface area contributed by atoms with E-state index in [1.54, 1.807) is 0 Å². The summed E-state index contributed by atoms with van der Waals surface area (Å²) < 4.78 is 23.2. The molecule has 0 aromatic carbocycles. The fourth-order valence-corrected chi connectivity index (χ4v) is 9.63. The lowest BCUT2D eigenvalue weighted by molar-refractivity contribution is -0.870. The van der Waals surface area contributed by atoms with Crippen LogP contribution in [-0.2, 0) is 18.4 Å². The van der Waals surface area contributed by atoms with E-state index in [0.29, 0.717) is 17.4 Å². The Labute approximate surface area is 404 Å². The molecule has 10 heteroatoms. The molecule has 0 spiro atoms. The first kappa shape index (κ1) is 64.5. The predicted octanol–water partition coefficient (Wildman–Crippen LogP) is 15.2. The number of amides is 1. The first-order valence-electron chi connectivity index (χ1n) is 28.5. The van der Waals surface area contributed by atoms with Gasteiger partial charge in [0.05, 0.1) is 39.9 Å². The average molecular weight is 945 g/mol. The third kappa shape index (κ3) is 48.3. The zero-order valence-corrected chi connectivity index (χ0v) is 45.0. The molecule has 0 aliphatic carbocycles. The van der Waals surface area contributed by atoms with Crippen molar-refractivity contribution in [2.45, 2.75) is 308 Å². The van der Waals surface area contributed by atoms with Crippen LogP contribution in [0.3, 0.4) is 0 Å². The number of hydrogen-bond donors (Lipinski definition) is 3. The third-order valence-electron chi connectivity index (χ3n) is 13.4. The minimum absolute atomic E-state index is 0.0366. The number of aliphatic hydroxyl groups excluding tert-OH is 2. The van der Waals surface area contributed by atoms with E-state index in [1.165, 1.54) is 225 Å². The van der Waals surface area contributed by atoms with Gasteiger partial charge in [-0.25, -0.2) is 0 Å². The van der Waals surface area contributed by atoms with Crippen molar-refractivity contribution in [1.29, 1.82) is 0 Å². The van der Waals surface area contributed by atoms with Crippen molar-refractivity contribution in [1.82, 2.24) is 5.32 Å². The molecule has 390 valence electrons. The SMILES string of the molecule is CCCCCCCCCCCCCCCCCCCCCCCCCCCCCCCC(=O)NC(COP(=O)([O-])OCC[N+](C)(C)C)C(O)C(O)CCCCCCCCCCCCCC. The van der Waals surface area contributed by atoms with Gasteiger partial charge in [-0.1, -0.05) is 271 Å². The van der Waals surface area contributed by atoms with Gasteiger partial charge in [-0.15, -0.1) is 0 Å². The zero-order chi connectivity index (χ0) is 48.0. The summed E-state index contributed by atoms with van der Waals surface area (Å²) >= 11 is 0. The van der Waals surface area contributed by atoms with E-state index in [1.807, 2.05) is 21.1 Å². The molecule has 3 N–H and O–H groups in total. The Morgan fingerprint density at radius 1 is 0.492 bits per heavy atom. The highest BCUT2D eigenvalue weighted by atomic mass is 31.2. The molecular formula is C55H113N2O7P. The molecule has 0 aliphatic heterocycles. The second-order valence-electron chi connectivity index (χ2n) is 21.1. The van der Waals surface area contributed by atoms with Crippen molar-refractivity contribution in [3.05, 3.63) is 0 Å². The number of nitrogens with one attached hydrogen (secondary N) is 1. The standard InChI is InChI=1S/C55H113N2O7P/c1-6-8-10-12-14-16-18-20-21-22-23-24-25-26-27-28-29-30-31-32-33-34-35-36-38-40-42-44-46-48-54(59)56-52(51-64-65(61,62)63-50-49-57(3,4)5)55(60)53(58)47-45-43-41-39-37-19-17-15-13-11-9-7-2/h52-53,55,58,60H,6-51H2,1-5H3,(H-,56,59,61,62).